The first kappa shape index (κ1) is 9.75. The predicted molar refractivity (Wildman–Crippen MR) is 46.3 cm³/mol. The molecule has 0 aromatic rings. The summed E-state index contributed by atoms with van der Waals surface area (Å²) in [5, 5.41) is 21.0. The fraction of sp³-hybridized carbons (Fsp3) is 0.556. The van der Waals surface area contributed by atoms with Gasteiger partial charge in [-0.05, 0) is 12.8 Å². The molecule has 13 heavy (non-hydrogen) atoms. The van der Waals surface area contributed by atoms with Gasteiger partial charge in [0.05, 0.1) is 0 Å². The molecule has 1 amide bonds. The maximum atomic E-state index is 11.2. The van der Waals surface area contributed by atoms with E-state index in [1.54, 1.807) is 6.92 Å². The highest BCUT2D eigenvalue weighted by atomic mass is 16.3. The molecule has 0 aromatic carbocycles. The number of nitrogens with zero attached hydrogens (tertiary/aromatic N) is 1. The molecule has 0 bridgehead atoms. The van der Waals surface area contributed by atoms with E-state index < -0.39 is 11.6 Å². The van der Waals surface area contributed by atoms with Crippen LogP contribution in [0.5, 0.6) is 0 Å². The number of nitrogens with one attached hydrogen (secondary N) is 1. The average Bonchev–Trinajstić information content (AvgIpc) is 2.37. The van der Waals surface area contributed by atoms with Crippen LogP contribution in [0.1, 0.15) is 26.7 Å². The molecule has 0 aromatic heterocycles. The Balaban J connectivity index is 3.19. The third kappa shape index (κ3) is 1.31. The minimum atomic E-state index is -1.29. The van der Waals surface area contributed by atoms with Crippen molar-refractivity contribution in [2.24, 2.45) is 0 Å². The predicted octanol–water partition coefficient (Wildman–Crippen LogP) is 0.445. The van der Waals surface area contributed by atoms with Crippen molar-refractivity contribution in [3.8, 4) is 6.07 Å². The summed E-state index contributed by atoms with van der Waals surface area (Å²) in [7, 11) is 0. The zero-order chi connectivity index (χ0) is 10.1. The van der Waals surface area contributed by atoms with Crippen LogP contribution in [0.4, 0.5) is 0 Å². The highest BCUT2D eigenvalue weighted by molar-refractivity contribution is 6.01. The number of nitriles is 1. The van der Waals surface area contributed by atoms with Gasteiger partial charge < -0.3 is 10.4 Å². The molecule has 0 saturated heterocycles. The Morgan fingerprint density at radius 2 is 2.23 bits per heavy atom. The van der Waals surface area contributed by atoms with Gasteiger partial charge in [-0.1, -0.05) is 13.8 Å². The summed E-state index contributed by atoms with van der Waals surface area (Å²) in [6.45, 7) is 3.57. The molecule has 1 atom stereocenters. The second kappa shape index (κ2) is 3.19. The van der Waals surface area contributed by atoms with Gasteiger partial charge in [-0.25, -0.2) is 0 Å². The van der Waals surface area contributed by atoms with Crippen LogP contribution in [0.15, 0.2) is 11.1 Å². The Kier molecular flexibility index (Phi) is 2.39. The van der Waals surface area contributed by atoms with E-state index in [0.29, 0.717) is 18.4 Å². The third-order valence-corrected chi connectivity index (χ3v) is 2.33. The number of amides is 1. The summed E-state index contributed by atoms with van der Waals surface area (Å²) in [6, 6.07) is 1.81. The van der Waals surface area contributed by atoms with Crippen LogP contribution in [0, 0.1) is 11.3 Å². The van der Waals surface area contributed by atoms with Crippen LogP contribution in [0.2, 0.25) is 0 Å². The lowest BCUT2D eigenvalue weighted by Crippen LogP contribution is -2.43. The maximum Gasteiger partial charge on any atom is 0.264 e. The van der Waals surface area contributed by atoms with E-state index in [2.05, 4.69) is 5.32 Å². The van der Waals surface area contributed by atoms with Crippen molar-refractivity contribution in [3.05, 3.63) is 11.1 Å². The molecule has 1 heterocycles. The van der Waals surface area contributed by atoms with Crippen molar-refractivity contribution in [2.45, 2.75) is 32.4 Å². The Morgan fingerprint density at radius 3 is 2.62 bits per heavy atom. The van der Waals surface area contributed by atoms with Crippen molar-refractivity contribution in [2.75, 3.05) is 0 Å². The fourth-order valence-corrected chi connectivity index (χ4v) is 1.56. The number of hydrogen-bond donors (Lipinski definition) is 2. The van der Waals surface area contributed by atoms with Crippen molar-refractivity contribution in [3.63, 3.8) is 0 Å². The normalized spacial score (nSPS) is 27.4. The summed E-state index contributed by atoms with van der Waals surface area (Å²) in [4.78, 5) is 11.2. The summed E-state index contributed by atoms with van der Waals surface area (Å²) >= 11 is 0. The highest BCUT2D eigenvalue weighted by Crippen LogP contribution is 2.29. The lowest BCUT2D eigenvalue weighted by Gasteiger charge is -2.23. The minimum Gasteiger partial charge on any atom is -0.367 e. The van der Waals surface area contributed by atoms with E-state index in [9.17, 15) is 9.90 Å². The van der Waals surface area contributed by atoms with Crippen LogP contribution >= 0.6 is 0 Å². The van der Waals surface area contributed by atoms with Crippen LogP contribution in [0.25, 0.3) is 0 Å². The molecule has 4 heteroatoms. The molecular weight excluding hydrogens is 168 g/mol. The number of carbonyl (C=O) groups excluding carboxylic acids is 1. The minimum absolute atomic E-state index is 0.0619. The summed E-state index contributed by atoms with van der Waals surface area (Å²) < 4.78 is 0. The van der Waals surface area contributed by atoms with Gasteiger partial charge in [0.25, 0.3) is 5.91 Å². The van der Waals surface area contributed by atoms with Gasteiger partial charge in [0, 0.05) is 5.57 Å². The van der Waals surface area contributed by atoms with Crippen LogP contribution in [-0.2, 0) is 4.79 Å². The molecule has 1 aliphatic heterocycles. The smallest absolute Gasteiger partial charge is 0.264 e. The Labute approximate surface area is 76.9 Å². The SMILES string of the molecule is CCC1=C(C#N)C(=O)NC1(O)CC. The van der Waals surface area contributed by atoms with Crippen LogP contribution in [0.3, 0.4) is 0 Å². The Morgan fingerprint density at radius 1 is 1.62 bits per heavy atom. The summed E-state index contributed by atoms with van der Waals surface area (Å²) in [5.74, 6) is -0.469. The van der Waals surface area contributed by atoms with E-state index in [0.717, 1.165) is 0 Å². The molecular formula is C9H12N2O2. The molecule has 4 nitrogen and oxygen atoms in total. The zero-order valence-corrected chi connectivity index (χ0v) is 7.72. The summed E-state index contributed by atoms with van der Waals surface area (Å²) in [5.41, 5.74) is -0.731. The third-order valence-electron chi connectivity index (χ3n) is 2.33. The van der Waals surface area contributed by atoms with E-state index in [4.69, 9.17) is 5.26 Å². The molecule has 0 spiro atoms. The van der Waals surface area contributed by atoms with E-state index in [1.807, 2.05) is 13.0 Å². The van der Waals surface area contributed by atoms with E-state index in [1.165, 1.54) is 0 Å². The van der Waals surface area contributed by atoms with Crippen molar-refractivity contribution in [1.82, 2.24) is 5.32 Å². The number of hydrogen-bond acceptors (Lipinski definition) is 3. The van der Waals surface area contributed by atoms with Gasteiger partial charge in [0.15, 0.2) is 5.72 Å². The molecule has 0 radical (unpaired) electrons. The van der Waals surface area contributed by atoms with E-state index in [-0.39, 0.29) is 5.57 Å². The molecule has 1 aliphatic rings. The molecule has 1 rings (SSSR count). The standard InChI is InChI=1S/C9H12N2O2/c1-3-7-6(5-10)8(12)11-9(7,13)4-2/h13H,3-4H2,1-2H3,(H,11,12). The number of carbonyl (C=O) groups is 1. The van der Waals surface area contributed by atoms with Gasteiger partial charge in [0.2, 0.25) is 0 Å². The molecule has 2 N–H and O–H groups in total. The summed E-state index contributed by atoms with van der Waals surface area (Å²) in [6.07, 6.45) is 0.888. The first-order valence-electron chi connectivity index (χ1n) is 4.27. The number of rotatable bonds is 2. The van der Waals surface area contributed by atoms with Crippen LogP contribution < -0.4 is 5.32 Å². The average molecular weight is 180 g/mol. The zero-order valence-electron chi connectivity index (χ0n) is 7.72. The molecule has 70 valence electrons. The largest absolute Gasteiger partial charge is 0.367 e. The molecule has 0 aliphatic carbocycles. The van der Waals surface area contributed by atoms with E-state index >= 15 is 0 Å². The molecule has 1 unspecified atom stereocenters. The van der Waals surface area contributed by atoms with Gasteiger partial charge >= 0.3 is 0 Å². The Hall–Kier alpha value is -1.34. The second-order valence-corrected chi connectivity index (χ2v) is 2.99. The Bertz CT molecular complexity index is 314. The van der Waals surface area contributed by atoms with Gasteiger partial charge in [-0.15, -0.1) is 0 Å². The monoisotopic (exact) mass is 180 g/mol. The topological polar surface area (TPSA) is 73.1 Å². The van der Waals surface area contributed by atoms with Crippen LogP contribution in [-0.4, -0.2) is 16.7 Å². The molecule has 0 saturated carbocycles. The maximum absolute atomic E-state index is 11.2. The van der Waals surface area contributed by atoms with Crippen molar-refractivity contribution in [1.29, 1.82) is 5.26 Å². The van der Waals surface area contributed by atoms with Crippen molar-refractivity contribution < 1.29 is 9.90 Å². The quantitative estimate of drug-likeness (QED) is 0.647. The second-order valence-electron chi connectivity index (χ2n) is 2.99. The molecule has 0 fully saturated rings. The first-order valence-corrected chi connectivity index (χ1v) is 4.27. The highest BCUT2D eigenvalue weighted by Gasteiger charge is 2.41. The lowest BCUT2D eigenvalue weighted by atomic mass is 9.97. The van der Waals surface area contributed by atoms with Gasteiger partial charge in [-0.2, -0.15) is 5.26 Å². The van der Waals surface area contributed by atoms with Gasteiger partial charge in [-0.3, -0.25) is 4.79 Å². The lowest BCUT2D eigenvalue weighted by molar-refractivity contribution is -0.120. The first-order chi connectivity index (χ1) is 6.09. The van der Waals surface area contributed by atoms with Crippen molar-refractivity contribution >= 4 is 5.91 Å². The van der Waals surface area contributed by atoms with Gasteiger partial charge in [0.1, 0.15) is 11.6 Å². The number of aliphatic hydroxyl groups is 1. The fourth-order valence-electron chi connectivity index (χ4n) is 1.56.